The third kappa shape index (κ3) is 4.62. The Labute approximate surface area is 205 Å². The van der Waals surface area contributed by atoms with Crippen LogP contribution in [0, 0.1) is 5.82 Å². The lowest BCUT2D eigenvalue weighted by Crippen LogP contribution is -2.26. The monoisotopic (exact) mass is 520 g/mol. The molecule has 1 unspecified atom stereocenters. The molecule has 0 aliphatic carbocycles. The number of nitrogen functional groups attached to an aromatic ring is 1. The summed E-state index contributed by atoms with van der Waals surface area (Å²) >= 11 is 0. The smallest absolute Gasteiger partial charge is 0.410 e. The first-order valence-corrected chi connectivity index (χ1v) is 10.6. The Balaban J connectivity index is 1.72. The number of nitrogens with zero attached hydrogens (tertiary/aromatic N) is 4. The van der Waals surface area contributed by atoms with Crippen molar-refractivity contribution in [3.63, 3.8) is 0 Å². The summed E-state index contributed by atoms with van der Waals surface area (Å²) in [5.74, 6) is -3.04. The van der Waals surface area contributed by atoms with Crippen molar-refractivity contribution in [2.75, 3.05) is 12.8 Å². The fourth-order valence-corrected chi connectivity index (χ4v) is 3.78. The zero-order valence-corrected chi connectivity index (χ0v) is 19.4. The molecule has 11 nitrogen and oxygen atoms in total. The van der Waals surface area contributed by atoms with E-state index in [9.17, 15) is 27.2 Å². The van der Waals surface area contributed by atoms with Crippen LogP contribution in [0.15, 0.2) is 30.6 Å². The van der Waals surface area contributed by atoms with Crippen molar-refractivity contribution < 1.29 is 31.9 Å². The highest BCUT2D eigenvalue weighted by atomic mass is 19.4. The first-order valence-electron chi connectivity index (χ1n) is 10.6. The van der Waals surface area contributed by atoms with Crippen LogP contribution in [-0.2, 0) is 6.54 Å². The number of rotatable bonds is 7. The van der Waals surface area contributed by atoms with E-state index < -0.39 is 35.7 Å². The van der Waals surface area contributed by atoms with Crippen LogP contribution < -0.4 is 21.5 Å². The number of carbonyl (C=O) groups excluding carboxylic acids is 2. The van der Waals surface area contributed by atoms with Crippen molar-refractivity contribution in [2.24, 2.45) is 5.73 Å². The van der Waals surface area contributed by atoms with Crippen molar-refractivity contribution >= 4 is 28.5 Å². The quantitative estimate of drug-likeness (QED) is 0.272. The number of aromatic nitrogens is 5. The fraction of sp³-hybridized carbons (Fsp3) is 0.227. The second kappa shape index (κ2) is 9.40. The van der Waals surface area contributed by atoms with Crippen molar-refractivity contribution in [1.29, 1.82) is 0 Å². The molecule has 1 atom stereocenters. The molecular formula is C22H20F4N8O3. The van der Waals surface area contributed by atoms with Gasteiger partial charge in [-0.2, -0.15) is 23.4 Å². The number of pyridine rings is 1. The predicted octanol–water partition coefficient (Wildman–Crippen LogP) is 2.70. The standard InChI is InChI=1S/C22H20F4N8O3/c1-9(22(24,25)26)34-18(27)15(19(28)35)17(33-34)12-4-3-10(16-14(12)8-31-32-16)6-29-20(36)13-5-11(23)7-30-21(13)37-2/h3-5,7-9H,6,27H2,1-2H3,(H2,28,35)(H,29,36)(H,31,32). The predicted molar refractivity (Wildman–Crippen MR) is 123 cm³/mol. The summed E-state index contributed by atoms with van der Waals surface area (Å²) < 4.78 is 59.1. The maximum absolute atomic E-state index is 13.6. The van der Waals surface area contributed by atoms with Crippen molar-refractivity contribution in [3.8, 4) is 17.1 Å². The number of methoxy groups -OCH3 is 1. The lowest BCUT2D eigenvalue weighted by Gasteiger charge is -2.17. The molecule has 6 N–H and O–H groups in total. The summed E-state index contributed by atoms with van der Waals surface area (Å²) in [5.41, 5.74) is 11.8. The molecule has 0 bridgehead atoms. The van der Waals surface area contributed by atoms with E-state index in [1.807, 2.05) is 0 Å². The van der Waals surface area contributed by atoms with E-state index in [4.69, 9.17) is 16.2 Å². The Bertz CT molecular complexity index is 1510. The highest BCUT2D eigenvalue weighted by molar-refractivity contribution is 6.07. The normalized spacial score (nSPS) is 12.5. The maximum Gasteiger partial charge on any atom is 0.410 e. The molecule has 2 amide bonds. The van der Waals surface area contributed by atoms with Gasteiger partial charge in [0.15, 0.2) is 0 Å². The van der Waals surface area contributed by atoms with E-state index in [2.05, 4.69) is 25.6 Å². The molecule has 3 heterocycles. The van der Waals surface area contributed by atoms with Crippen LogP contribution >= 0.6 is 0 Å². The van der Waals surface area contributed by atoms with Gasteiger partial charge in [0, 0.05) is 17.5 Å². The van der Waals surface area contributed by atoms with Gasteiger partial charge in [0.1, 0.15) is 34.5 Å². The molecular weight excluding hydrogens is 500 g/mol. The number of ether oxygens (including phenoxy) is 1. The van der Waals surface area contributed by atoms with E-state index >= 15 is 0 Å². The van der Waals surface area contributed by atoms with Crippen LogP contribution in [-0.4, -0.2) is 50.1 Å². The van der Waals surface area contributed by atoms with Crippen LogP contribution in [0.4, 0.5) is 23.4 Å². The van der Waals surface area contributed by atoms with Gasteiger partial charge >= 0.3 is 6.18 Å². The number of H-pyrrole nitrogens is 1. The number of aromatic amines is 1. The molecule has 15 heteroatoms. The zero-order valence-electron chi connectivity index (χ0n) is 19.4. The number of nitrogens with one attached hydrogen (secondary N) is 2. The number of primary amides is 1. The van der Waals surface area contributed by atoms with E-state index in [-0.39, 0.29) is 34.8 Å². The van der Waals surface area contributed by atoms with Gasteiger partial charge in [-0.05, 0) is 18.6 Å². The van der Waals surface area contributed by atoms with Gasteiger partial charge in [-0.15, -0.1) is 0 Å². The van der Waals surface area contributed by atoms with Crippen LogP contribution in [0.1, 0.15) is 39.2 Å². The van der Waals surface area contributed by atoms with Gasteiger partial charge in [0.25, 0.3) is 11.8 Å². The number of fused-ring (bicyclic) bond motifs is 1. The minimum atomic E-state index is -4.68. The number of benzene rings is 1. The second-order valence-corrected chi connectivity index (χ2v) is 7.96. The number of alkyl halides is 3. The third-order valence-corrected chi connectivity index (χ3v) is 5.69. The molecule has 0 aliphatic rings. The number of amides is 2. The van der Waals surface area contributed by atoms with Crippen molar-refractivity contribution in [3.05, 3.63) is 53.1 Å². The van der Waals surface area contributed by atoms with E-state index in [1.54, 1.807) is 6.07 Å². The lowest BCUT2D eigenvalue weighted by molar-refractivity contribution is -0.164. The van der Waals surface area contributed by atoms with Crippen LogP contribution in [0.25, 0.3) is 22.2 Å². The number of anilines is 1. The van der Waals surface area contributed by atoms with Gasteiger partial charge < -0.3 is 21.5 Å². The summed E-state index contributed by atoms with van der Waals surface area (Å²) in [6.07, 6.45) is -2.39. The molecule has 4 rings (SSSR count). The Morgan fingerprint density at radius 1 is 1.27 bits per heavy atom. The average molecular weight is 520 g/mol. The summed E-state index contributed by atoms with van der Waals surface area (Å²) in [7, 11) is 1.29. The molecule has 194 valence electrons. The molecule has 0 aliphatic heterocycles. The van der Waals surface area contributed by atoms with Crippen molar-refractivity contribution in [2.45, 2.75) is 25.7 Å². The molecule has 1 aromatic carbocycles. The molecule has 0 saturated carbocycles. The van der Waals surface area contributed by atoms with E-state index in [0.29, 0.717) is 21.1 Å². The Morgan fingerprint density at radius 3 is 2.65 bits per heavy atom. The van der Waals surface area contributed by atoms with Crippen molar-refractivity contribution in [1.82, 2.24) is 30.3 Å². The number of nitrogens with two attached hydrogens (primary N) is 2. The molecule has 0 saturated heterocycles. The topological polar surface area (TPSA) is 167 Å². The number of carbonyl (C=O) groups is 2. The number of halogens is 4. The first kappa shape index (κ1) is 25.4. The highest BCUT2D eigenvalue weighted by Gasteiger charge is 2.40. The number of hydrogen-bond acceptors (Lipinski definition) is 7. The summed E-state index contributed by atoms with van der Waals surface area (Å²) in [6.45, 7) is 0.794. The van der Waals surface area contributed by atoms with Crippen LogP contribution in [0.3, 0.4) is 0 Å². The van der Waals surface area contributed by atoms with E-state index in [0.717, 1.165) is 19.2 Å². The SMILES string of the molecule is COc1ncc(F)cc1C(=O)NCc1ccc(-c2nn(C(C)C(F)(F)F)c(N)c2C(N)=O)c2cn[nH]c12. The molecule has 0 fully saturated rings. The maximum atomic E-state index is 13.6. The summed E-state index contributed by atoms with van der Waals surface area (Å²) in [4.78, 5) is 28.5. The summed E-state index contributed by atoms with van der Waals surface area (Å²) in [5, 5.41) is 13.7. The molecule has 0 spiro atoms. The van der Waals surface area contributed by atoms with E-state index in [1.165, 1.54) is 19.4 Å². The molecule has 37 heavy (non-hydrogen) atoms. The van der Waals surface area contributed by atoms with Crippen LogP contribution in [0.5, 0.6) is 5.88 Å². The van der Waals surface area contributed by atoms with Crippen LogP contribution in [0.2, 0.25) is 0 Å². The zero-order chi connectivity index (χ0) is 27.1. The highest BCUT2D eigenvalue weighted by Crippen LogP contribution is 2.38. The average Bonchev–Trinajstić information content (AvgIpc) is 3.46. The molecule has 4 aromatic rings. The van der Waals surface area contributed by atoms with Gasteiger partial charge in [-0.3, -0.25) is 14.7 Å². The van der Waals surface area contributed by atoms with Gasteiger partial charge in [-0.25, -0.2) is 14.1 Å². The largest absolute Gasteiger partial charge is 0.480 e. The Kier molecular flexibility index (Phi) is 6.46. The van der Waals surface area contributed by atoms with Gasteiger partial charge in [0.2, 0.25) is 5.88 Å². The third-order valence-electron chi connectivity index (χ3n) is 5.69. The first-order chi connectivity index (χ1) is 17.4. The minimum absolute atomic E-state index is 0.0537. The minimum Gasteiger partial charge on any atom is -0.480 e. The molecule has 0 radical (unpaired) electrons. The molecule has 3 aromatic heterocycles. The van der Waals surface area contributed by atoms with Gasteiger partial charge in [-0.1, -0.05) is 12.1 Å². The Morgan fingerprint density at radius 2 is 2.00 bits per heavy atom. The lowest BCUT2D eigenvalue weighted by atomic mass is 10.0. The number of hydrogen-bond donors (Lipinski definition) is 4. The van der Waals surface area contributed by atoms with Gasteiger partial charge in [0.05, 0.1) is 25.0 Å². The second-order valence-electron chi connectivity index (χ2n) is 7.96. The summed E-state index contributed by atoms with van der Waals surface area (Å²) in [6, 6.07) is 1.89. The fourth-order valence-electron chi connectivity index (χ4n) is 3.78. The Hall–Kier alpha value is -4.69.